The normalized spacial score (nSPS) is 18.3. The molecule has 1 aliphatic rings. The van der Waals surface area contributed by atoms with E-state index in [0.29, 0.717) is 11.8 Å². The molecule has 0 aliphatic heterocycles. The van der Waals surface area contributed by atoms with Gasteiger partial charge in [0.2, 0.25) is 0 Å². The van der Waals surface area contributed by atoms with Gasteiger partial charge in [-0.25, -0.2) is 0 Å². The lowest BCUT2D eigenvalue weighted by Crippen LogP contribution is -2.24. The summed E-state index contributed by atoms with van der Waals surface area (Å²) < 4.78 is 1.17. The van der Waals surface area contributed by atoms with Crippen molar-refractivity contribution in [2.75, 3.05) is 0 Å². The lowest BCUT2D eigenvalue weighted by Gasteiger charge is -2.26. The fourth-order valence-electron chi connectivity index (χ4n) is 2.67. The van der Waals surface area contributed by atoms with E-state index < -0.39 is 0 Å². The molecule has 1 aromatic carbocycles. The molecule has 1 heterocycles. The number of phenols is 1. The average molecular weight is 338 g/mol. The van der Waals surface area contributed by atoms with Gasteiger partial charge in [-0.05, 0) is 70.6 Å². The van der Waals surface area contributed by atoms with Crippen LogP contribution in [0.1, 0.15) is 34.9 Å². The number of rotatable bonds is 3. The van der Waals surface area contributed by atoms with Crippen molar-refractivity contribution in [1.29, 1.82) is 0 Å². The molecule has 0 amide bonds. The van der Waals surface area contributed by atoms with Crippen LogP contribution in [0.5, 0.6) is 5.75 Å². The van der Waals surface area contributed by atoms with Gasteiger partial charge < -0.3 is 10.4 Å². The Hall–Kier alpha value is -0.840. The largest absolute Gasteiger partial charge is 0.508 e. The summed E-state index contributed by atoms with van der Waals surface area (Å²) >= 11 is 5.26. The monoisotopic (exact) mass is 337 g/mol. The molecule has 0 saturated heterocycles. The second kappa shape index (κ2) is 5.65. The van der Waals surface area contributed by atoms with E-state index in [-0.39, 0.29) is 0 Å². The van der Waals surface area contributed by atoms with Gasteiger partial charge in [0.15, 0.2) is 0 Å². The summed E-state index contributed by atoms with van der Waals surface area (Å²) in [6, 6.07) is 10.3. The van der Waals surface area contributed by atoms with E-state index in [1.807, 2.05) is 6.07 Å². The molecule has 0 radical (unpaired) electrons. The lowest BCUT2D eigenvalue weighted by molar-refractivity contribution is 0.447. The van der Waals surface area contributed by atoms with Gasteiger partial charge in [-0.3, -0.25) is 0 Å². The quantitative estimate of drug-likeness (QED) is 0.870. The van der Waals surface area contributed by atoms with Gasteiger partial charge >= 0.3 is 0 Å². The van der Waals surface area contributed by atoms with Crippen LogP contribution in [0, 0.1) is 0 Å². The third-order valence-electron chi connectivity index (χ3n) is 3.60. The van der Waals surface area contributed by atoms with Gasteiger partial charge in [-0.1, -0.05) is 6.07 Å². The van der Waals surface area contributed by atoms with Crippen molar-refractivity contribution in [3.8, 4) is 5.75 Å². The number of halogens is 1. The third-order valence-corrected chi connectivity index (χ3v) is 5.22. The fraction of sp³-hybridized carbons (Fsp3) is 0.333. The Balaban J connectivity index is 1.74. The van der Waals surface area contributed by atoms with E-state index in [0.717, 1.165) is 19.4 Å². The molecule has 1 aromatic heterocycles. The average Bonchev–Trinajstić information content (AvgIpc) is 2.82. The minimum absolute atomic E-state index is 0.358. The Morgan fingerprint density at radius 2 is 2.21 bits per heavy atom. The van der Waals surface area contributed by atoms with E-state index in [2.05, 4.69) is 39.4 Å². The van der Waals surface area contributed by atoms with Crippen LogP contribution in [0.4, 0.5) is 0 Å². The van der Waals surface area contributed by atoms with Crippen molar-refractivity contribution in [2.45, 2.75) is 31.8 Å². The van der Waals surface area contributed by atoms with Crippen LogP contribution in [0.2, 0.25) is 0 Å². The molecule has 1 atom stereocenters. The summed E-state index contributed by atoms with van der Waals surface area (Å²) in [5.74, 6) is 0.367. The van der Waals surface area contributed by atoms with Crippen molar-refractivity contribution in [3.63, 3.8) is 0 Å². The van der Waals surface area contributed by atoms with Crippen LogP contribution in [0.3, 0.4) is 0 Å². The zero-order valence-electron chi connectivity index (χ0n) is 10.5. The zero-order valence-corrected chi connectivity index (χ0v) is 12.9. The molecule has 4 heteroatoms. The third kappa shape index (κ3) is 3.02. The van der Waals surface area contributed by atoms with Crippen LogP contribution in [0.25, 0.3) is 0 Å². The van der Waals surface area contributed by atoms with Crippen LogP contribution in [-0.2, 0) is 13.0 Å². The first-order valence-corrected chi connectivity index (χ1v) is 8.13. The molecule has 0 fully saturated rings. The summed E-state index contributed by atoms with van der Waals surface area (Å²) in [7, 11) is 0. The van der Waals surface area contributed by atoms with Crippen molar-refractivity contribution in [3.05, 3.63) is 50.1 Å². The number of hydrogen-bond acceptors (Lipinski definition) is 3. The molecule has 2 nitrogen and oxygen atoms in total. The molecule has 3 rings (SSSR count). The van der Waals surface area contributed by atoms with Gasteiger partial charge in [0.25, 0.3) is 0 Å². The predicted octanol–water partition coefficient (Wildman–Crippen LogP) is 4.38. The van der Waals surface area contributed by atoms with Crippen LogP contribution < -0.4 is 5.32 Å². The minimum atomic E-state index is 0.358. The molecule has 100 valence electrons. The predicted molar refractivity (Wildman–Crippen MR) is 82.6 cm³/mol. The highest BCUT2D eigenvalue weighted by molar-refractivity contribution is 9.11. The van der Waals surface area contributed by atoms with Crippen molar-refractivity contribution >= 4 is 27.3 Å². The minimum Gasteiger partial charge on any atom is -0.508 e. The SMILES string of the molecule is Oc1ccc2c(c1)C(NCc1ccc(Br)s1)CCC2. The number of fused-ring (bicyclic) bond motifs is 1. The number of thiophene rings is 1. The molecular weight excluding hydrogens is 322 g/mol. The fourth-order valence-corrected chi connectivity index (χ4v) is 4.10. The van der Waals surface area contributed by atoms with E-state index in [1.54, 1.807) is 17.4 Å². The molecule has 19 heavy (non-hydrogen) atoms. The number of aryl methyl sites for hydroxylation is 1. The zero-order chi connectivity index (χ0) is 13.2. The van der Waals surface area contributed by atoms with Crippen molar-refractivity contribution < 1.29 is 5.11 Å². The van der Waals surface area contributed by atoms with E-state index in [9.17, 15) is 5.11 Å². The van der Waals surface area contributed by atoms with Gasteiger partial charge in [-0.2, -0.15) is 0 Å². The second-order valence-electron chi connectivity index (χ2n) is 4.91. The maximum Gasteiger partial charge on any atom is 0.115 e. The van der Waals surface area contributed by atoms with E-state index in [4.69, 9.17) is 0 Å². The molecule has 0 bridgehead atoms. The Labute approximate surface area is 125 Å². The number of benzene rings is 1. The number of nitrogens with one attached hydrogen (secondary N) is 1. The second-order valence-corrected chi connectivity index (χ2v) is 7.46. The topological polar surface area (TPSA) is 32.3 Å². The van der Waals surface area contributed by atoms with Crippen molar-refractivity contribution in [2.24, 2.45) is 0 Å². The van der Waals surface area contributed by atoms with E-state index in [1.165, 1.54) is 26.2 Å². The summed E-state index contributed by atoms with van der Waals surface area (Å²) in [5, 5.41) is 13.3. The summed E-state index contributed by atoms with van der Waals surface area (Å²) in [5.41, 5.74) is 2.63. The Kier molecular flexibility index (Phi) is 3.91. The maximum atomic E-state index is 9.66. The molecule has 2 N–H and O–H groups in total. The van der Waals surface area contributed by atoms with Gasteiger partial charge in [0.05, 0.1) is 3.79 Å². The smallest absolute Gasteiger partial charge is 0.115 e. The van der Waals surface area contributed by atoms with Crippen LogP contribution >= 0.6 is 27.3 Å². The molecule has 1 aliphatic carbocycles. The molecule has 0 saturated carbocycles. The Bertz CT molecular complexity index is 581. The van der Waals surface area contributed by atoms with Crippen LogP contribution in [0.15, 0.2) is 34.1 Å². The van der Waals surface area contributed by atoms with Gasteiger partial charge in [0.1, 0.15) is 5.75 Å². The summed E-state index contributed by atoms with van der Waals surface area (Å²) in [4.78, 5) is 1.33. The highest BCUT2D eigenvalue weighted by Crippen LogP contribution is 2.32. The number of hydrogen-bond donors (Lipinski definition) is 2. The first-order chi connectivity index (χ1) is 9.22. The van der Waals surface area contributed by atoms with Crippen molar-refractivity contribution in [1.82, 2.24) is 5.32 Å². The summed E-state index contributed by atoms with van der Waals surface area (Å²) in [6.45, 7) is 0.885. The Morgan fingerprint density at radius 1 is 1.32 bits per heavy atom. The lowest BCUT2D eigenvalue weighted by atomic mass is 9.87. The summed E-state index contributed by atoms with van der Waals surface area (Å²) in [6.07, 6.45) is 3.48. The van der Waals surface area contributed by atoms with E-state index >= 15 is 0 Å². The number of aromatic hydroxyl groups is 1. The molecular formula is C15H16BrNOS. The maximum absolute atomic E-state index is 9.66. The highest BCUT2D eigenvalue weighted by atomic mass is 79.9. The molecule has 0 spiro atoms. The Morgan fingerprint density at radius 3 is 3.00 bits per heavy atom. The molecule has 2 aromatic rings. The standard InChI is InChI=1S/C15H16BrNOS/c16-15-7-6-12(19-15)9-17-14-3-1-2-10-4-5-11(18)8-13(10)14/h4-8,14,17-18H,1-3,9H2. The first-order valence-electron chi connectivity index (χ1n) is 6.52. The number of phenolic OH excluding ortho intramolecular Hbond substituents is 1. The van der Waals surface area contributed by atoms with Gasteiger partial charge in [0, 0.05) is 17.5 Å². The van der Waals surface area contributed by atoms with Crippen LogP contribution in [-0.4, -0.2) is 5.11 Å². The molecule has 1 unspecified atom stereocenters. The first kappa shape index (κ1) is 13.2. The van der Waals surface area contributed by atoms with Gasteiger partial charge in [-0.15, -0.1) is 11.3 Å². The highest BCUT2D eigenvalue weighted by Gasteiger charge is 2.20.